The minimum Gasteiger partial charge on any atom is -0.493 e. The van der Waals surface area contributed by atoms with Crippen LogP contribution in [-0.2, 0) is 19.9 Å². The maximum absolute atomic E-state index is 13.7. The van der Waals surface area contributed by atoms with E-state index in [4.69, 9.17) is 10.5 Å². The molecule has 4 aromatic rings. The maximum Gasteiger partial charge on any atom is 0.573 e. The van der Waals surface area contributed by atoms with Crippen LogP contribution in [0, 0.1) is 5.92 Å². The molecule has 1 amide bonds. The van der Waals surface area contributed by atoms with Crippen LogP contribution in [0.15, 0.2) is 76.5 Å². The first-order chi connectivity index (χ1) is 19.4. The van der Waals surface area contributed by atoms with E-state index < -0.39 is 42.8 Å². The number of nitrogens with two attached hydrogens (primary N) is 1. The van der Waals surface area contributed by atoms with Crippen LogP contribution in [-0.4, -0.2) is 46.5 Å². The van der Waals surface area contributed by atoms with E-state index >= 15 is 0 Å². The largest absolute Gasteiger partial charge is 0.573 e. The van der Waals surface area contributed by atoms with Crippen LogP contribution in [0.3, 0.4) is 0 Å². The summed E-state index contributed by atoms with van der Waals surface area (Å²) in [4.78, 5) is 11.6. The lowest BCUT2D eigenvalue weighted by Gasteiger charge is -2.16. The number of sulfone groups is 1. The summed E-state index contributed by atoms with van der Waals surface area (Å²) in [7, 11) is -8.12. The topological polar surface area (TPSA) is 147 Å². The highest BCUT2D eigenvalue weighted by Gasteiger charge is 2.32. The molecule has 0 atom stereocenters. The Morgan fingerprint density at radius 2 is 1.64 bits per heavy atom. The molecule has 1 aromatic heterocycles. The zero-order valence-corrected chi connectivity index (χ0v) is 24.1. The molecule has 0 aliphatic rings. The van der Waals surface area contributed by atoms with Gasteiger partial charge >= 0.3 is 6.36 Å². The highest BCUT2D eigenvalue weighted by atomic mass is 32.2. The van der Waals surface area contributed by atoms with Gasteiger partial charge in [0.1, 0.15) is 17.2 Å². The normalized spacial score (nSPS) is 12.5. The number of ether oxygens (including phenoxy) is 2. The van der Waals surface area contributed by atoms with Gasteiger partial charge in [0.2, 0.25) is 19.9 Å². The third-order valence-electron chi connectivity index (χ3n) is 5.73. The van der Waals surface area contributed by atoms with Gasteiger partial charge in [0.15, 0.2) is 0 Å². The average molecular weight is 626 g/mol. The number of fused-ring (bicyclic) bond motifs is 1. The van der Waals surface area contributed by atoms with Gasteiger partial charge in [-0.1, -0.05) is 26.0 Å². The number of primary amides is 1. The van der Waals surface area contributed by atoms with Gasteiger partial charge in [-0.25, -0.2) is 16.8 Å². The van der Waals surface area contributed by atoms with Crippen LogP contribution in [0.4, 0.5) is 18.9 Å². The van der Waals surface area contributed by atoms with E-state index in [0.717, 1.165) is 30.5 Å². The molecular formula is C27H26F3N3O7S2. The van der Waals surface area contributed by atoms with Gasteiger partial charge in [-0.2, -0.15) is 0 Å². The van der Waals surface area contributed by atoms with Crippen LogP contribution in [0.1, 0.15) is 24.3 Å². The maximum atomic E-state index is 13.7. The predicted molar refractivity (Wildman–Crippen MR) is 149 cm³/mol. The molecule has 0 bridgehead atoms. The van der Waals surface area contributed by atoms with Crippen molar-refractivity contribution in [2.75, 3.05) is 17.6 Å². The van der Waals surface area contributed by atoms with Crippen molar-refractivity contribution in [1.29, 1.82) is 0 Å². The Bertz CT molecular complexity index is 1880. The Morgan fingerprint density at radius 1 is 0.952 bits per heavy atom. The molecule has 0 aliphatic carbocycles. The molecule has 15 heteroatoms. The minimum absolute atomic E-state index is 0.0446. The van der Waals surface area contributed by atoms with Gasteiger partial charge < -0.3 is 19.8 Å². The number of carbonyl (C=O) groups is 1. The molecule has 0 radical (unpaired) electrons. The molecule has 3 aromatic carbocycles. The van der Waals surface area contributed by atoms with E-state index in [0.29, 0.717) is 10.9 Å². The summed E-state index contributed by atoms with van der Waals surface area (Å²) in [6.07, 6.45) is -4.07. The lowest BCUT2D eigenvalue weighted by atomic mass is 10.2. The first-order valence-electron chi connectivity index (χ1n) is 12.3. The van der Waals surface area contributed by atoms with E-state index in [-0.39, 0.29) is 40.2 Å². The Morgan fingerprint density at radius 3 is 2.26 bits per heavy atom. The predicted octanol–water partition coefficient (Wildman–Crippen LogP) is 4.87. The van der Waals surface area contributed by atoms with Crippen molar-refractivity contribution in [3.63, 3.8) is 0 Å². The van der Waals surface area contributed by atoms with Crippen molar-refractivity contribution >= 4 is 42.4 Å². The van der Waals surface area contributed by atoms with Crippen molar-refractivity contribution in [2.24, 2.45) is 11.7 Å². The molecule has 0 fully saturated rings. The standard InChI is InChI=1S/C27H26F3N3O7S2/c1-16(2)15-39-21-11-19(12-23(14-21)42(37,38)22-6-4-5-20(13-22)40-27(28,29)30)33-24-10-18(32-41(3,35)36)8-7-17(24)9-25(33)26(31)34/h4-14,16,32H,15H2,1-3H3,(H2,31,34). The number of aromatic nitrogens is 1. The third kappa shape index (κ3) is 7.15. The molecule has 0 aliphatic heterocycles. The van der Waals surface area contributed by atoms with E-state index in [1.807, 2.05) is 13.8 Å². The highest BCUT2D eigenvalue weighted by Crippen LogP contribution is 2.34. The smallest absolute Gasteiger partial charge is 0.493 e. The van der Waals surface area contributed by atoms with Crippen LogP contribution in [0.25, 0.3) is 16.6 Å². The fraction of sp³-hybridized carbons (Fsp3) is 0.222. The van der Waals surface area contributed by atoms with Crippen LogP contribution >= 0.6 is 0 Å². The molecule has 10 nitrogen and oxygen atoms in total. The summed E-state index contributed by atoms with van der Waals surface area (Å²) in [5, 5.41) is 0.484. The lowest BCUT2D eigenvalue weighted by Crippen LogP contribution is -2.17. The fourth-order valence-electron chi connectivity index (χ4n) is 4.10. The second kappa shape index (κ2) is 11.2. The average Bonchev–Trinajstić information content (AvgIpc) is 3.25. The monoisotopic (exact) mass is 625 g/mol. The zero-order valence-electron chi connectivity index (χ0n) is 22.5. The number of hydrogen-bond acceptors (Lipinski definition) is 7. The quantitative estimate of drug-likeness (QED) is 0.256. The van der Waals surface area contributed by atoms with Gasteiger partial charge in [-0.15, -0.1) is 13.2 Å². The zero-order chi connectivity index (χ0) is 31.0. The number of nitrogens with zero attached hydrogens (tertiary/aromatic N) is 1. The third-order valence-corrected chi connectivity index (χ3v) is 8.06. The number of carbonyl (C=O) groups excluding carboxylic acids is 1. The van der Waals surface area contributed by atoms with E-state index in [9.17, 15) is 34.8 Å². The van der Waals surface area contributed by atoms with Gasteiger partial charge in [0.25, 0.3) is 5.91 Å². The lowest BCUT2D eigenvalue weighted by molar-refractivity contribution is -0.274. The molecule has 3 N–H and O–H groups in total. The van der Waals surface area contributed by atoms with Crippen LogP contribution in [0.5, 0.6) is 11.5 Å². The Kier molecular flexibility index (Phi) is 8.20. The van der Waals surface area contributed by atoms with Crippen LogP contribution in [0.2, 0.25) is 0 Å². The number of sulfonamides is 1. The summed E-state index contributed by atoms with van der Waals surface area (Å²) < 4.78 is 103. The number of nitrogens with one attached hydrogen (secondary N) is 1. The number of alkyl halides is 3. The summed E-state index contributed by atoms with van der Waals surface area (Å²) in [6, 6.07) is 13.7. The molecule has 224 valence electrons. The molecular weight excluding hydrogens is 599 g/mol. The molecule has 0 saturated carbocycles. The van der Waals surface area contributed by atoms with Crippen molar-refractivity contribution in [3.05, 3.63) is 72.4 Å². The van der Waals surface area contributed by atoms with Gasteiger partial charge in [0, 0.05) is 11.5 Å². The van der Waals surface area contributed by atoms with Crippen molar-refractivity contribution in [3.8, 4) is 17.2 Å². The first kappa shape index (κ1) is 30.7. The van der Waals surface area contributed by atoms with Crippen molar-refractivity contribution in [1.82, 2.24) is 4.57 Å². The minimum atomic E-state index is -5.04. The second-order valence-electron chi connectivity index (χ2n) is 9.77. The molecule has 1 heterocycles. The number of rotatable bonds is 10. The molecule has 0 spiro atoms. The fourth-order valence-corrected chi connectivity index (χ4v) is 6.00. The van der Waals surface area contributed by atoms with Crippen molar-refractivity contribution in [2.45, 2.75) is 30.0 Å². The number of benzene rings is 3. The Labute approximate surface area is 239 Å². The summed E-state index contributed by atoms with van der Waals surface area (Å²) in [5.74, 6) is -1.46. The van der Waals surface area contributed by atoms with Gasteiger partial charge in [0.05, 0.1) is 39.5 Å². The molecule has 0 unspecified atom stereocenters. The summed E-state index contributed by atoms with van der Waals surface area (Å²) in [6.45, 7) is 3.93. The second-order valence-corrected chi connectivity index (χ2v) is 13.5. The van der Waals surface area contributed by atoms with Crippen molar-refractivity contribution < 1.29 is 44.3 Å². The summed E-state index contributed by atoms with van der Waals surface area (Å²) in [5.41, 5.74) is 6.18. The van der Waals surface area contributed by atoms with E-state index in [1.54, 1.807) is 6.07 Å². The van der Waals surface area contributed by atoms with E-state index in [2.05, 4.69) is 9.46 Å². The highest BCUT2D eigenvalue weighted by molar-refractivity contribution is 7.92. The molecule has 0 saturated heterocycles. The molecule has 4 rings (SSSR count). The van der Waals surface area contributed by atoms with Gasteiger partial charge in [-0.3, -0.25) is 9.52 Å². The number of amides is 1. The van der Waals surface area contributed by atoms with E-state index in [1.165, 1.54) is 41.0 Å². The number of hydrogen-bond donors (Lipinski definition) is 2. The summed E-state index contributed by atoms with van der Waals surface area (Å²) >= 11 is 0. The number of anilines is 1. The van der Waals surface area contributed by atoms with Gasteiger partial charge in [-0.05, 0) is 54.4 Å². The van der Waals surface area contributed by atoms with Crippen LogP contribution < -0.4 is 19.9 Å². The SMILES string of the molecule is CC(C)COc1cc(-n2c(C(N)=O)cc3ccc(NS(C)(=O)=O)cc32)cc(S(=O)(=O)c2cccc(OC(F)(F)F)c2)c1. The molecule has 42 heavy (non-hydrogen) atoms. The number of halogens is 3. The first-order valence-corrected chi connectivity index (χ1v) is 15.6. The Hall–Kier alpha value is -4.24. The Balaban J connectivity index is 1.95.